The highest BCUT2D eigenvalue weighted by Gasteiger charge is 2.22. The van der Waals surface area contributed by atoms with E-state index < -0.39 is 5.97 Å². The number of aliphatic carboxylic acids is 1. The van der Waals surface area contributed by atoms with Crippen molar-refractivity contribution in [3.63, 3.8) is 0 Å². The third-order valence-electron chi connectivity index (χ3n) is 3.75. The highest BCUT2D eigenvalue weighted by molar-refractivity contribution is 5.85. The normalized spacial score (nSPS) is 19.8. The van der Waals surface area contributed by atoms with Crippen LogP contribution in [0.3, 0.4) is 0 Å². The molecular weight excluding hydrogens is 257 g/mol. The Hall–Kier alpha value is -1.68. The summed E-state index contributed by atoms with van der Waals surface area (Å²) in [5.41, 5.74) is 1.49. The SMILES string of the molecule is CCC1CCCN1Cc1cc(F)cc(C=CC(=O)O)c1. The van der Waals surface area contributed by atoms with E-state index in [1.54, 1.807) is 0 Å². The molecular formula is C16H20FNO2. The van der Waals surface area contributed by atoms with Crippen LogP contribution in [0.5, 0.6) is 0 Å². The molecule has 0 bridgehead atoms. The lowest BCUT2D eigenvalue weighted by Crippen LogP contribution is -2.28. The van der Waals surface area contributed by atoms with E-state index in [0.29, 0.717) is 11.6 Å². The monoisotopic (exact) mass is 277 g/mol. The molecule has 1 aromatic carbocycles. The zero-order valence-corrected chi connectivity index (χ0v) is 11.7. The van der Waals surface area contributed by atoms with Crippen LogP contribution >= 0.6 is 0 Å². The van der Waals surface area contributed by atoms with Crippen molar-refractivity contribution in [3.8, 4) is 0 Å². The molecule has 4 heteroatoms. The van der Waals surface area contributed by atoms with Crippen LogP contribution in [0.2, 0.25) is 0 Å². The summed E-state index contributed by atoms with van der Waals surface area (Å²) in [5.74, 6) is -1.35. The van der Waals surface area contributed by atoms with Gasteiger partial charge in [-0.05, 0) is 55.1 Å². The smallest absolute Gasteiger partial charge is 0.328 e. The number of nitrogens with zero attached hydrogens (tertiary/aromatic N) is 1. The summed E-state index contributed by atoms with van der Waals surface area (Å²) >= 11 is 0. The number of likely N-dealkylation sites (tertiary alicyclic amines) is 1. The minimum Gasteiger partial charge on any atom is -0.478 e. The lowest BCUT2D eigenvalue weighted by Gasteiger charge is -2.23. The standard InChI is InChI=1S/C16H20FNO2/c1-2-15-4-3-7-18(15)11-13-8-12(5-6-16(19)20)9-14(17)10-13/h5-6,8-10,15H,2-4,7,11H2,1H3,(H,19,20). The second-order valence-corrected chi connectivity index (χ2v) is 5.24. The van der Waals surface area contributed by atoms with Crippen LogP contribution in [-0.4, -0.2) is 28.6 Å². The molecule has 1 unspecified atom stereocenters. The van der Waals surface area contributed by atoms with Crippen molar-refractivity contribution in [2.45, 2.75) is 38.8 Å². The van der Waals surface area contributed by atoms with E-state index in [2.05, 4.69) is 11.8 Å². The minimum atomic E-state index is -1.03. The van der Waals surface area contributed by atoms with E-state index in [4.69, 9.17) is 5.11 Å². The molecule has 1 aliphatic rings. The summed E-state index contributed by atoms with van der Waals surface area (Å²) < 4.78 is 13.6. The van der Waals surface area contributed by atoms with Crippen LogP contribution in [0.15, 0.2) is 24.3 Å². The summed E-state index contributed by atoms with van der Waals surface area (Å²) in [6.07, 6.45) is 5.97. The Morgan fingerprint density at radius 1 is 1.50 bits per heavy atom. The third kappa shape index (κ3) is 3.90. The van der Waals surface area contributed by atoms with E-state index in [9.17, 15) is 9.18 Å². The van der Waals surface area contributed by atoms with Gasteiger partial charge in [-0.2, -0.15) is 0 Å². The van der Waals surface area contributed by atoms with Gasteiger partial charge in [0.05, 0.1) is 0 Å². The fourth-order valence-corrected chi connectivity index (χ4v) is 2.83. The number of hydrogen-bond acceptors (Lipinski definition) is 2. The van der Waals surface area contributed by atoms with Crippen molar-refractivity contribution in [1.82, 2.24) is 4.90 Å². The fourth-order valence-electron chi connectivity index (χ4n) is 2.83. The molecule has 0 amide bonds. The van der Waals surface area contributed by atoms with Crippen LogP contribution in [0.1, 0.15) is 37.3 Å². The zero-order chi connectivity index (χ0) is 14.5. The molecule has 0 spiro atoms. The second-order valence-electron chi connectivity index (χ2n) is 5.24. The number of carboxylic acids is 1. The van der Waals surface area contributed by atoms with Gasteiger partial charge in [0.15, 0.2) is 0 Å². The summed E-state index contributed by atoms with van der Waals surface area (Å²) in [7, 11) is 0. The molecule has 1 heterocycles. The summed E-state index contributed by atoms with van der Waals surface area (Å²) in [6, 6.07) is 5.32. The molecule has 1 atom stereocenters. The molecule has 0 aromatic heterocycles. The maximum Gasteiger partial charge on any atom is 0.328 e. The number of benzene rings is 1. The molecule has 0 radical (unpaired) electrons. The van der Waals surface area contributed by atoms with Gasteiger partial charge in [0, 0.05) is 18.7 Å². The van der Waals surface area contributed by atoms with Crippen molar-refractivity contribution in [1.29, 1.82) is 0 Å². The number of hydrogen-bond donors (Lipinski definition) is 1. The minimum absolute atomic E-state index is 0.320. The molecule has 20 heavy (non-hydrogen) atoms. The van der Waals surface area contributed by atoms with Gasteiger partial charge < -0.3 is 5.11 Å². The van der Waals surface area contributed by atoms with Gasteiger partial charge in [-0.1, -0.05) is 13.0 Å². The average molecular weight is 277 g/mol. The van der Waals surface area contributed by atoms with Gasteiger partial charge in [-0.15, -0.1) is 0 Å². The summed E-state index contributed by atoms with van der Waals surface area (Å²) in [6.45, 7) is 3.95. The van der Waals surface area contributed by atoms with Gasteiger partial charge in [0.2, 0.25) is 0 Å². The number of halogens is 1. The van der Waals surface area contributed by atoms with Crippen molar-refractivity contribution in [2.75, 3.05) is 6.54 Å². The van der Waals surface area contributed by atoms with Gasteiger partial charge in [-0.25, -0.2) is 9.18 Å². The maximum atomic E-state index is 13.6. The molecule has 0 saturated carbocycles. The lowest BCUT2D eigenvalue weighted by molar-refractivity contribution is -0.131. The van der Waals surface area contributed by atoms with Crippen LogP contribution in [-0.2, 0) is 11.3 Å². The molecule has 1 N–H and O–H groups in total. The molecule has 108 valence electrons. The zero-order valence-electron chi connectivity index (χ0n) is 11.7. The van der Waals surface area contributed by atoms with E-state index >= 15 is 0 Å². The highest BCUT2D eigenvalue weighted by atomic mass is 19.1. The average Bonchev–Trinajstić information content (AvgIpc) is 2.83. The molecule has 1 fully saturated rings. The topological polar surface area (TPSA) is 40.5 Å². The molecule has 1 aromatic rings. The van der Waals surface area contributed by atoms with E-state index in [0.717, 1.165) is 31.1 Å². The number of carboxylic acid groups (broad SMARTS) is 1. The Morgan fingerprint density at radius 2 is 2.30 bits per heavy atom. The van der Waals surface area contributed by atoms with Gasteiger partial charge in [0.1, 0.15) is 5.82 Å². The highest BCUT2D eigenvalue weighted by Crippen LogP contribution is 2.23. The maximum absolute atomic E-state index is 13.6. The Balaban J connectivity index is 2.13. The van der Waals surface area contributed by atoms with Gasteiger partial charge in [-0.3, -0.25) is 4.90 Å². The number of rotatable bonds is 5. The number of carbonyl (C=O) groups is 1. The van der Waals surface area contributed by atoms with Crippen molar-refractivity contribution < 1.29 is 14.3 Å². The molecule has 3 nitrogen and oxygen atoms in total. The molecule has 1 saturated heterocycles. The summed E-state index contributed by atoms with van der Waals surface area (Å²) in [5, 5.41) is 8.62. The van der Waals surface area contributed by atoms with Gasteiger partial charge in [0.25, 0.3) is 0 Å². The van der Waals surface area contributed by atoms with Crippen LogP contribution in [0.25, 0.3) is 6.08 Å². The first kappa shape index (κ1) is 14.7. The fraction of sp³-hybridized carbons (Fsp3) is 0.438. The first-order valence-electron chi connectivity index (χ1n) is 7.03. The first-order chi connectivity index (χ1) is 9.58. The van der Waals surface area contributed by atoms with Crippen molar-refractivity contribution in [3.05, 3.63) is 41.2 Å². The Morgan fingerprint density at radius 3 is 3.00 bits per heavy atom. The van der Waals surface area contributed by atoms with Crippen LogP contribution < -0.4 is 0 Å². The quantitative estimate of drug-likeness (QED) is 0.839. The van der Waals surface area contributed by atoms with Crippen LogP contribution in [0.4, 0.5) is 4.39 Å². The predicted molar refractivity (Wildman–Crippen MR) is 76.8 cm³/mol. The molecule has 0 aliphatic carbocycles. The summed E-state index contributed by atoms with van der Waals surface area (Å²) in [4.78, 5) is 12.9. The third-order valence-corrected chi connectivity index (χ3v) is 3.75. The molecule has 1 aliphatic heterocycles. The van der Waals surface area contributed by atoms with Gasteiger partial charge >= 0.3 is 5.97 Å². The lowest BCUT2D eigenvalue weighted by atomic mass is 10.1. The second kappa shape index (κ2) is 6.66. The molecule has 2 rings (SSSR count). The van der Waals surface area contributed by atoms with E-state index in [-0.39, 0.29) is 5.82 Å². The van der Waals surface area contributed by atoms with E-state index in [1.807, 2.05) is 6.07 Å². The Kier molecular flexibility index (Phi) is 4.90. The van der Waals surface area contributed by atoms with Crippen molar-refractivity contribution in [2.24, 2.45) is 0 Å². The predicted octanol–water partition coefficient (Wildman–Crippen LogP) is 3.30. The Labute approximate surface area is 118 Å². The van der Waals surface area contributed by atoms with E-state index in [1.165, 1.54) is 31.1 Å². The Bertz CT molecular complexity index is 513. The van der Waals surface area contributed by atoms with Crippen molar-refractivity contribution >= 4 is 12.0 Å². The first-order valence-corrected chi connectivity index (χ1v) is 7.03. The largest absolute Gasteiger partial charge is 0.478 e. The van der Waals surface area contributed by atoms with Crippen LogP contribution in [0, 0.1) is 5.82 Å².